The maximum Gasteiger partial charge on any atom is 0.279 e. The molecule has 8 nitrogen and oxygen atoms in total. The Kier molecular flexibility index (Phi) is 5.19. The minimum absolute atomic E-state index is 0.285. The van der Waals surface area contributed by atoms with Crippen LogP contribution in [0.25, 0.3) is 10.6 Å². The Morgan fingerprint density at radius 1 is 1.11 bits per heavy atom. The predicted octanol–water partition coefficient (Wildman–Crippen LogP) is 2.90. The van der Waals surface area contributed by atoms with Gasteiger partial charge in [-0.15, -0.1) is 15.3 Å². The Balaban J connectivity index is 1.50. The number of nitrogens with one attached hydrogen (secondary N) is 2. The number of hydrogen-bond donors (Lipinski definition) is 2. The van der Waals surface area contributed by atoms with Crippen molar-refractivity contribution in [2.45, 2.75) is 39.7 Å². The minimum atomic E-state index is -0.305. The second kappa shape index (κ2) is 7.76. The summed E-state index contributed by atoms with van der Waals surface area (Å²) in [5.41, 5.74) is 4.45. The van der Waals surface area contributed by atoms with Crippen LogP contribution in [0.15, 0.2) is 18.2 Å². The maximum atomic E-state index is 12.7. The molecule has 4 rings (SSSR count). The molecule has 0 unspecified atom stereocenters. The lowest BCUT2D eigenvalue weighted by molar-refractivity contribution is 0.102. The molecule has 28 heavy (non-hydrogen) atoms. The molecule has 0 atom stereocenters. The molecular weight excluding hydrogens is 374 g/mol. The van der Waals surface area contributed by atoms with Crippen molar-refractivity contribution in [3.05, 3.63) is 40.7 Å². The SMILES string of the molecule is Cc1cc(C)cc(-c2nnc(NC(=O)c3nnn(C4CCNCC4)c3C)s2)c1. The number of aromatic nitrogens is 5. The van der Waals surface area contributed by atoms with Crippen LogP contribution >= 0.6 is 11.3 Å². The normalized spacial score (nSPS) is 15.0. The van der Waals surface area contributed by atoms with Crippen molar-refractivity contribution in [1.29, 1.82) is 0 Å². The Labute approximate surface area is 167 Å². The van der Waals surface area contributed by atoms with Crippen molar-refractivity contribution in [1.82, 2.24) is 30.5 Å². The van der Waals surface area contributed by atoms with Crippen molar-refractivity contribution in [2.75, 3.05) is 18.4 Å². The average Bonchev–Trinajstić information content (AvgIpc) is 3.28. The van der Waals surface area contributed by atoms with E-state index in [0.717, 1.165) is 42.2 Å². The number of amides is 1. The number of anilines is 1. The van der Waals surface area contributed by atoms with E-state index in [1.807, 2.05) is 11.6 Å². The monoisotopic (exact) mass is 397 g/mol. The van der Waals surface area contributed by atoms with Crippen LogP contribution in [0.2, 0.25) is 0 Å². The Morgan fingerprint density at radius 3 is 2.54 bits per heavy atom. The molecule has 146 valence electrons. The van der Waals surface area contributed by atoms with E-state index < -0.39 is 0 Å². The summed E-state index contributed by atoms with van der Waals surface area (Å²) in [7, 11) is 0. The van der Waals surface area contributed by atoms with Crippen molar-refractivity contribution >= 4 is 22.4 Å². The molecule has 0 radical (unpaired) electrons. The van der Waals surface area contributed by atoms with Crippen molar-refractivity contribution in [2.24, 2.45) is 0 Å². The summed E-state index contributed by atoms with van der Waals surface area (Å²) in [6.07, 6.45) is 1.97. The third kappa shape index (κ3) is 3.81. The van der Waals surface area contributed by atoms with Gasteiger partial charge in [0.05, 0.1) is 11.7 Å². The molecule has 1 aliphatic heterocycles. The van der Waals surface area contributed by atoms with Gasteiger partial charge in [-0.1, -0.05) is 33.7 Å². The third-order valence-electron chi connectivity index (χ3n) is 4.91. The molecule has 1 amide bonds. The summed E-state index contributed by atoms with van der Waals surface area (Å²) in [4.78, 5) is 12.7. The Hall–Kier alpha value is -2.65. The zero-order valence-corrected chi connectivity index (χ0v) is 17.0. The summed E-state index contributed by atoms with van der Waals surface area (Å²) in [6.45, 7) is 7.90. The molecule has 1 aliphatic rings. The lowest BCUT2D eigenvalue weighted by Gasteiger charge is -2.23. The van der Waals surface area contributed by atoms with Crippen LogP contribution in [0.1, 0.15) is 46.2 Å². The first kappa shape index (κ1) is 18.7. The molecule has 0 bridgehead atoms. The highest BCUT2D eigenvalue weighted by atomic mass is 32.1. The van der Waals surface area contributed by atoms with Crippen molar-refractivity contribution in [3.8, 4) is 10.6 Å². The minimum Gasteiger partial charge on any atom is -0.317 e. The predicted molar refractivity (Wildman–Crippen MR) is 109 cm³/mol. The van der Waals surface area contributed by atoms with E-state index in [1.54, 1.807) is 0 Å². The number of nitrogens with zero attached hydrogens (tertiary/aromatic N) is 5. The van der Waals surface area contributed by atoms with Crippen LogP contribution in [-0.4, -0.2) is 44.2 Å². The zero-order chi connectivity index (χ0) is 19.7. The van der Waals surface area contributed by atoms with Gasteiger partial charge in [0.1, 0.15) is 5.01 Å². The number of hydrogen-bond acceptors (Lipinski definition) is 7. The highest BCUT2D eigenvalue weighted by Crippen LogP contribution is 2.28. The topological polar surface area (TPSA) is 97.6 Å². The highest BCUT2D eigenvalue weighted by Gasteiger charge is 2.23. The first-order valence-electron chi connectivity index (χ1n) is 9.37. The van der Waals surface area contributed by atoms with Gasteiger partial charge in [0.15, 0.2) is 5.69 Å². The lowest BCUT2D eigenvalue weighted by atomic mass is 10.1. The van der Waals surface area contributed by atoms with E-state index in [2.05, 4.69) is 63.2 Å². The summed E-state index contributed by atoms with van der Waals surface area (Å²) in [5, 5.41) is 24.0. The van der Waals surface area contributed by atoms with Crippen LogP contribution in [0.3, 0.4) is 0 Å². The van der Waals surface area contributed by atoms with Crippen molar-refractivity contribution in [3.63, 3.8) is 0 Å². The fourth-order valence-corrected chi connectivity index (χ4v) is 4.32. The first-order chi connectivity index (χ1) is 13.5. The molecule has 3 aromatic rings. The number of carbonyl (C=O) groups excluding carboxylic acids is 1. The fourth-order valence-electron chi connectivity index (χ4n) is 3.59. The van der Waals surface area contributed by atoms with Gasteiger partial charge >= 0.3 is 0 Å². The molecule has 2 aromatic heterocycles. The molecule has 0 aliphatic carbocycles. The second-order valence-corrected chi connectivity index (χ2v) is 8.17. The molecule has 0 spiro atoms. The molecule has 3 heterocycles. The van der Waals surface area contributed by atoms with Gasteiger partial charge in [0, 0.05) is 5.56 Å². The summed E-state index contributed by atoms with van der Waals surface area (Å²) >= 11 is 1.35. The van der Waals surface area contributed by atoms with Gasteiger partial charge in [-0.05, 0) is 58.8 Å². The number of rotatable bonds is 4. The molecule has 1 fully saturated rings. The van der Waals surface area contributed by atoms with Gasteiger partial charge in [-0.25, -0.2) is 4.68 Å². The average molecular weight is 398 g/mol. The molecular formula is C19H23N7OS. The quantitative estimate of drug-likeness (QED) is 0.702. The van der Waals surface area contributed by atoms with Gasteiger partial charge in [-0.3, -0.25) is 10.1 Å². The largest absolute Gasteiger partial charge is 0.317 e. The molecule has 1 saturated heterocycles. The fraction of sp³-hybridized carbons (Fsp3) is 0.421. The first-order valence-corrected chi connectivity index (χ1v) is 10.2. The smallest absolute Gasteiger partial charge is 0.279 e. The number of benzene rings is 1. The van der Waals surface area contributed by atoms with Crippen LogP contribution in [-0.2, 0) is 0 Å². The lowest BCUT2D eigenvalue weighted by Crippen LogP contribution is -2.30. The van der Waals surface area contributed by atoms with E-state index in [-0.39, 0.29) is 11.9 Å². The van der Waals surface area contributed by atoms with Gasteiger partial charge < -0.3 is 5.32 Å². The molecule has 1 aromatic carbocycles. The summed E-state index contributed by atoms with van der Waals surface area (Å²) in [6, 6.07) is 6.52. The van der Waals surface area contributed by atoms with E-state index in [0.29, 0.717) is 10.8 Å². The standard InChI is InChI=1S/C19H23N7OS/c1-11-8-12(2)10-14(9-11)18-23-24-19(28-18)21-17(27)16-13(3)26(25-22-16)15-4-6-20-7-5-15/h8-10,15,20H,4-7H2,1-3H3,(H,21,24,27). The molecule has 9 heteroatoms. The Bertz CT molecular complexity index is 983. The Morgan fingerprint density at radius 2 is 1.82 bits per heavy atom. The van der Waals surface area contributed by atoms with Crippen molar-refractivity contribution < 1.29 is 4.79 Å². The van der Waals surface area contributed by atoms with E-state index in [4.69, 9.17) is 0 Å². The maximum absolute atomic E-state index is 12.7. The van der Waals surface area contributed by atoms with Crippen LogP contribution in [0.5, 0.6) is 0 Å². The summed E-state index contributed by atoms with van der Waals surface area (Å²) in [5.74, 6) is -0.305. The van der Waals surface area contributed by atoms with Crippen LogP contribution in [0, 0.1) is 20.8 Å². The second-order valence-electron chi connectivity index (χ2n) is 7.19. The van der Waals surface area contributed by atoms with Gasteiger partial charge in [-0.2, -0.15) is 0 Å². The van der Waals surface area contributed by atoms with Gasteiger partial charge in [0.25, 0.3) is 5.91 Å². The number of aryl methyl sites for hydroxylation is 2. The molecule has 2 N–H and O–H groups in total. The molecule has 0 saturated carbocycles. The van der Waals surface area contributed by atoms with Gasteiger partial charge in [0.2, 0.25) is 5.13 Å². The van der Waals surface area contributed by atoms with E-state index in [1.165, 1.54) is 22.5 Å². The van der Waals surface area contributed by atoms with Crippen LogP contribution < -0.4 is 10.6 Å². The van der Waals surface area contributed by atoms with E-state index in [9.17, 15) is 4.79 Å². The third-order valence-corrected chi connectivity index (χ3v) is 5.80. The number of carbonyl (C=O) groups is 1. The number of piperidine rings is 1. The van der Waals surface area contributed by atoms with Crippen LogP contribution in [0.4, 0.5) is 5.13 Å². The zero-order valence-electron chi connectivity index (χ0n) is 16.2. The van der Waals surface area contributed by atoms with E-state index >= 15 is 0 Å². The highest BCUT2D eigenvalue weighted by molar-refractivity contribution is 7.18. The summed E-state index contributed by atoms with van der Waals surface area (Å²) < 4.78 is 1.87.